The lowest BCUT2D eigenvalue weighted by atomic mass is 10.0. The van der Waals surface area contributed by atoms with E-state index in [1.807, 2.05) is 13.1 Å². The van der Waals surface area contributed by atoms with Crippen molar-refractivity contribution in [2.45, 2.75) is 32.7 Å². The standard InChI is InChI=1S/C16H27FN2/c1-5-13(2)12-19(4)10-9-16(18-3)14-7-6-8-15(17)11-14/h6-8,11,13,16,18H,5,9-10,12H2,1-4H3. The fourth-order valence-corrected chi connectivity index (χ4v) is 2.30. The number of nitrogens with one attached hydrogen (secondary N) is 1. The van der Waals surface area contributed by atoms with Gasteiger partial charge in [0.2, 0.25) is 0 Å². The lowest BCUT2D eigenvalue weighted by Crippen LogP contribution is -2.28. The molecule has 1 aromatic rings. The van der Waals surface area contributed by atoms with E-state index in [0.717, 1.165) is 31.0 Å². The molecular weight excluding hydrogens is 239 g/mol. The molecule has 2 atom stereocenters. The number of halogens is 1. The third-order valence-electron chi connectivity index (χ3n) is 3.72. The molecule has 1 aromatic carbocycles. The van der Waals surface area contributed by atoms with E-state index in [1.54, 1.807) is 12.1 Å². The molecule has 19 heavy (non-hydrogen) atoms. The van der Waals surface area contributed by atoms with Gasteiger partial charge in [-0.25, -0.2) is 4.39 Å². The Morgan fingerprint density at radius 3 is 2.68 bits per heavy atom. The first-order chi connectivity index (χ1) is 9.06. The second-order valence-corrected chi connectivity index (χ2v) is 5.46. The largest absolute Gasteiger partial charge is 0.313 e. The van der Waals surface area contributed by atoms with Crippen LogP contribution in [-0.4, -0.2) is 32.1 Å². The van der Waals surface area contributed by atoms with Crippen molar-refractivity contribution in [2.75, 3.05) is 27.2 Å². The number of nitrogens with zero attached hydrogens (tertiary/aromatic N) is 1. The number of hydrogen-bond donors (Lipinski definition) is 1. The molecule has 2 nitrogen and oxygen atoms in total. The van der Waals surface area contributed by atoms with Crippen molar-refractivity contribution in [1.82, 2.24) is 10.2 Å². The van der Waals surface area contributed by atoms with Crippen LogP contribution in [-0.2, 0) is 0 Å². The minimum atomic E-state index is -0.161. The Labute approximate surface area is 117 Å². The van der Waals surface area contributed by atoms with Crippen molar-refractivity contribution in [3.8, 4) is 0 Å². The van der Waals surface area contributed by atoms with Crippen LogP contribution in [0.3, 0.4) is 0 Å². The minimum absolute atomic E-state index is 0.161. The van der Waals surface area contributed by atoms with Crippen molar-refractivity contribution in [3.63, 3.8) is 0 Å². The maximum absolute atomic E-state index is 13.2. The van der Waals surface area contributed by atoms with Crippen LogP contribution < -0.4 is 5.32 Å². The van der Waals surface area contributed by atoms with Gasteiger partial charge in [0.15, 0.2) is 0 Å². The maximum Gasteiger partial charge on any atom is 0.123 e. The van der Waals surface area contributed by atoms with Crippen LogP contribution >= 0.6 is 0 Å². The van der Waals surface area contributed by atoms with Crippen molar-refractivity contribution in [1.29, 1.82) is 0 Å². The fourth-order valence-electron chi connectivity index (χ4n) is 2.30. The average Bonchev–Trinajstić information content (AvgIpc) is 2.39. The highest BCUT2D eigenvalue weighted by Crippen LogP contribution is 2.18. The van der Waals surface area contributed by atoms with Crippen LogP contribution in [0.5, 0.6) is 0 Å². The Kier molecular flexibility index (Phi) is 7.03. The summed E-state index contributed by atoms with van der Waals surface area (Å²) >= 11 is 0. The topological polar surface area (TPSA) is 15.3 Å². The molecule has 0 fully saturated rings. The minimum Gasteiger partial charge on any atom is -0.313 e. The molecule has 0 saturated carbocycles. The molecule has 1 N–H and O–H groups in total. The summed E-state index contributed by atoms with van der Waals surface area (Å²) in [5.41, 5.74) is 1.03. The maximum atomic E-state index is 13.2. The molecule has 0 bridgehead atoms. The Morgan fingerprint density at radius 1 is 1.37 bits per heavy atom. The summed E-state index contributed by atoms with van der Waals surface area (Å²) in [7, 11) is 4.09. The van der Waals surface area contributed by atoms with Crippen molar-refractivity contribution in [3.05, 3.63) is 35.6 Å². The van der Waals surface area contributed by atoms with Crippen LogP contribution in [0.25, 0.3) is 0 Å². The molecule has 0 heterocycles. The average molecular weight is 266 g/mol. The molecule has 0 spiro atoms. The van der Waals surface area contributed by atoms with Gasteiger partial charge in [-0.15, -0.1) is 0 Å². The van der Waals surface area contributed by atoms with Gasteiger partial charge in [0.25, 0.3) is 0 Å². The van der Waals surface area contributed by atoms with Gasteiger partial charge in [0.05, 0.1) is 0 Å². The normalized spacial score (nSPS) is 14.6. The molecule has 3 heteroatoms. The summed E-state index contributed by atoms with van der Waals surface area (Å²) in [6.07, 6.45) is 2.20. The SMILES string of the molecule is CCC(C)CN(C)CCC(NC)c1cccc(F)c1. The molecule has 0 aliphatic carbocycles. The Hall–Kier alpha value is -0.930. The first kappa shape index (κ1) is 16.1. The van der Waals surface area contributed by atoms with Gasteiger partial charge in [0, 0.05) is 12.6 Å². The summed E-state index contributed by atoms with van der Waals surface area (Å²) < 4.78 is 13.2. The van der Waals surface area contributed by atoms with Gasteiger partial charge in [-0.05, 0) is 50.7 Å². The van der Waals surface area contributed by atoms with E-state index < -0.39 is 0 Å². The molecule has 0 saturated heterocycles. The van der Waals surface area contributed by atoms with E-state index in [1.165, 1.54) is 12.5 Å². The van der Waals surface area contributed by atoms with E-state index in [4.69, 9.17) is 0 Å². The predicted molar refractivity (Wildman–Crippen MR) is 79.8 cm³/mol. The van der Waals surface area contributed by atoms with Crippen LogP contribution in [0, 0.1) is 11.7 Å². The Bertz CT molecular complexity index is 368. The zero-order valence-corrected chi connectivity index (χ0v) is 12.6. The highest BCUT2D eigenvalue weighted by atomic mass is 19.1. The molecule has 108 valence electrons. The smallest absolute Gasteiger partial charge is 0.123 e. The molecule has 0 radical (unpaired) electrons. The summed E-state index contributed by atoms with van der Waals surface area (Å²) in [6, 6.07) is 7.09. The first-order valence-corrected chi connectivity index (χ1v) is 7.18. The molecule has 2 unspecified atom stereocenters. The highest BCUT2D eigenvalue weighted by molar-refractivity contribution is 5.20. The zero-order valence-electron chi connectivity index (χ0n) is 12.6. The summed E-state index contributed by atoms with van der Waals surface area (Å²) in [5, 5.41) is 3.27. The molecule has 0 aliphatic rings. The summed E-state index contributed by atoms with van der Waals surface area (Å²) in [4.78, 5) is 2.36. The van der Waals surface area contributed by atoms with E-state index in [-0.39, 0.29) is 11.9 Å². The fraction of sp³-hybridized carbons (Fsp3) is 0.625. The second kappa shape index (κ2) is 8.28. The third-order valence-corrected chi connectivity index (χ3v) is 3.72. The Morgan fingerprint density at radius 2 is 2.11 bits per heavy atom. The van der Waals surface area contributed by atoms with E-state index in [0.29, 0.717) is 0 Å². The van der Waals surface area contributed by atoms with Crippen LogP contribution in [0.15, 0.2) is 24.3 Å². The van der Waals surface area contributed by atoms with Gasteiger partial charge < -0.3 is 10.2 Å². The van der Waals surface area contributed by atoms with E-state index in [9.17, 15) is 4.39 Å². The second-order valence-electron chi connectivity index (χ2n) is 5.46. The number of benzene rings is 1. The monoisotopic (exact) mass is 266 g/mol. The van der Waals surface area contributed by atoms with Gasteiger partial charge >= 0.3 is 0 Å². The summed E-state index contributed by atoms with van der Waals surface area (Å²) in [5.74, 6) is 0.568. The molecule has 0 aromatic heterocycles. The van der Waals surface area contributed by atoms with Crippen LogP contribution in [0.1, 0.15) is 38.3 Å². The molecule has 0 amide bonds. The van der Waals surface area contributed by atoms with Gasteiger partial charge in [-0.2, -0.15) is 0 Å². The van der Waals surface area contributed by atoms with Crippen LogP contribution in [0.4, 0.5) is 4.39 Å². The van der Waals surface area contributed by atoms with Crippen molar-refractivity contribution >= 4 is 0 Å². The first-order valence-electron chi connectivity index (χ1n) is 7.18. The van der Waals surface area contributed by atoms with Crippen LogP contribution in [0.2, 0.25) is 0 Å². The van der Waals surface area contributed by atoms with Gasteiger partial charge in [0.1, 0.15) is 5.82 Å². The number of hydrogen-bond acceptors (Lipinski definition) is 2. The Balaban J connectivity index is 2.49. The molecule has 1 rings (SSSR count). The molecule has 0 aliphatic heterocycles. The van der Waals surface area contributed by atoms with E-state index in [2.05, 4.69) is 31.1 Å². The summed E-state index contributed by atoms with van der Waals surface area (Å²) in [6.45, 7) is 6.64. The third kappa shape index (κ3) is 5.70. The predicted octanol–water partition coefficient (Wildman–Crippen LogP) is 3.45. The lowest BCUT2D eigenvalue weighted by Gasteiger charge is -2.24. The van der Waals surface area contributed by atoms with Gasteiger partial charge in [-0.3, -0.25) is 0 Å². The van der Waals surface area contributed by atoms with Gasteiger partial charge in [-0.1, -0.05) is 32.4 Å². The molecular formula is C16H27FN2. The number of rotatable bonds is 8. The van der Waals surface area contributed by atoms with Crippen molar-refractivity contribution in [2.24, 2.45) is 5.92 Å². The van der Waals surface area contributed by atoms with Crippen molar-refractivity contribution < 1.29 is 4.39 Å². The highest BCUT2D eigenvalue weighted by Gasteiger charge is 2.12. The quantitative estimate of drug-likeness (QED) is 0.775. The lowest BCUT2D eigenvalue weighted by molar-refractivity contribution is 0.267. The van der Waals surface area contributed by atoms with E-state index >= 15 is 0 Å². The zero-order chi connectivity index (χ0) is 14.3.